The number of halogens is 1. The van der Waals surface area contributed by atoms with E-state index in [1.165, 1.54) is 12.8 Å². The Kier molecular flexibility index (Phi) is 1.95. The second-order valence-corrected chi connectivity index (χ2v) is 4.06. The van der Waals surface area contributed by atoms with Gasteiger partial charge in [-0.25, -0.2) is 4.68 Å². The maximum absolute atomic E-state index is 5.66. The summed E-state index contributed by atoms with van der Waals surface area (Å²) in [5.74, 6) is 1.36. The predicted molar refractivity (Wildman–Crippen MR) is 56.1 cm³/mol. The predicted octanol–water partition coefficient (Wildman–Crippen LogP) is 2.19. The third kappa shape index (κ3) is 1.72. The lowest BCUT2D eigenvalue weighted by atomic mass is 10.3. The molecule has 0 amide bonds. The molecule has 3 rings (SSSR count). The average molecular weight is 221 g/mol. The minimum Gasteiger partial charge on any atom is -0.221 e. The molecule has 1 saturated carbocycles. The third-order valence-electron chi connectivity index (χ3n) is 2.46. The van der Waals surface area contributed by atoms with Crippen LogP contribution in [0.15, 0.2) is 24.4 Å². The Morgan fingerprint density at radius 1 is 1.20 bits per heavy atom. The molecule has 5 heteroatoms. The van der Waals surface area contributed by atoms with Crippen molar-refractivity contribution in [3.05, 3.63) is 35.2 Å². The van der Waals surface area contributed by atoms with Gasteiger partial charge in [0.05, 0.1) is 5.69 Å². The average Bonchev–Trinajstić information content (AvgIpc) is 2.99. The third-order valence-corrected chi connectivity index (χ3v) is 2.66. The van der Waals surface area contributed by atoms with Gasteiger partial charge in [-0.3, -0.25) is 0 Å². The first-order valence-electron chi connectivity index (χ1n) is 4.88. The Hall–Kier alpha value is -1.42. The molecular formula is C10H9ClN4. The summed E-state index contributed by atoms with van der Waals surface area (Å²) in [5.41, 5.74) is 1.15. The van der Waals surface area contributed by atoms with Gasteiger partial charge in [-0.05, 0) is 31.0 Å². The van der Waals surface area contributed by atoms with Crippen LogP contribution in [0.4, 0.5) is 0 Å². The van der Waals surface area contributed by atoms with Crippen molar-refractivity contribution >= 4 is 11.6 Å². The van der Waals surface area contributed by atoms with Gasteiger partial charge in [-0.1, -0.05) is 11.6 Å². The molecule has 0 bridgehead atoms. The summed E-state index contributed by atoms with van der Waals surface area (Å²) in [6, 6.07) is 5.55. The highest BCUT2D eigenvalue weighted by molar-refractivity contribution is 6.29. The van der Waals surface area contributed by atoms with Gasteiger partial charge in [0.25, 0.3) is 0 Å². The molecule has 0 atom stereocenters. The normalized spacial score (nSPS) is 15.5. The van der Waals surface area contributed by atoms with Crippen LogP contribution in [0.25, 0.3) is 5.82 Å². The SMILES string of the molecule is Clc1ccc(-n2ccc(C3CC3)n2)nn1. The van der Waals surface area contributed by atoms with Crippen LogP contribution in [-0.2, 0) is 0 Å². The highest BCUT2D eigenvalue weighted by Crippen LogP contribution is 2.38. The molecule has 1 fully saturated rings. The van der Waals surface area contributed by atoms with Crippen LogP contribution in [0.3, 0.4) is 0 Å². The van der Waals surface area contributed by atoms with Crippen LogP contribution in [0.5, 0.6) is 0 Å². The summed E-state index contributed by atoms with van der Waals surface area (Å²) in [4.78, 5) is 0. The largest absolute Gasteiger partial charge is 0.221 e. The second-order valence-electron chi connectivity index (χ2n) is 3.67. The monoisotopic (exact) mass is 220 g/mol. The highest BCUT2D eigenvalue weighted by Gasteiger charge is 2.25. The van der Waals surface area contributed by atoms with Gasteiger partial charge in [-0.15, -0.1) is 10.2 Å². The van der Waals surface area contributed by atoms with Crippen LogP contribution in [0.2, 0.25) is 5.15 Å². The first kappa shape index (κ1) is 8.85. The Morgan fingerprint density at radius 2 is 2.07 bits per heavy atom. The van der Waals surface area contributed by atoms with Crippen LogP contribution in [0.1, 0.15) is 24.5 Å². The molecule has 0 saturated heterocycles. The van der Waals surface area contributed by atoms with Crippen molar-refractivity contribution in [2.24, 2.45) is 0 Å². The van der Waals surface area contributed by atoms with Crippen LogP contribution >= 0.6 is 11.6 Å². The van der Waals surface area contributed by atoms with Crippen LogP contribution in [0, 0.1) is 0 Å². The van der Waals surface area contributed by atoms with E-state index in [0.717, 1.165) is 5.69 Å². The Labute approximate surface area is 91.9 Å². The lowest BCUT2D eigenvalue weighted by Gasteiger charge is -1.98. The number of hydrogen-bond acceptors (Lipinski definition) is 3. The molecule has 4 nitrogen and oxygen atoms in total. The maximum atomic E-state index is 5.66. The van der Waals surface area contributed by atoms with Gasteiger partial charge < -0.3 is 0 Å². The summed E-state index contributed by atoms with van der Waals surface area (Å²) in [5, 5.41) is 12.6. The fourth-order valence-electron chi connectivity index (χ4n) is 1.49. The summed E-state index contributed by atoms with van der Waals surface area (Å²) >= 11 is 5.66. The summed E-state index contributed by atoms with van der Waals surface area (Å²) in [7, 11) is 0. The van der Waals surface area contributed by atoms with Crippen molar-refractivity contribution in [1.82, 2.24) is 20.0 Å². The highest BCUT2D eigenvalue weighted by atomic mass is 35.5. The summed E-state index contributed by atoms with van der Waals surface area (Å²) < 4.78 is 1.73. The zero-order chi connectivity index (χ0) is 10.3. The molecule has 2 aromatic heterocycles. The van der Waals surface area contributed by atoms with Gasteiger partial charge in [0.2, 0.25) is 0 Å². The minimum absolute atomic E-state index is 0.397. The topological polar surface area (TPSA) is 43.6 Å². The molecule has 0 spiro atoms. The van der Waals surface area contributed by atoms with Crippen molar-refractivity contribution in [2.45, 2.75) is 18.8 Å². The zero-order valence-electron chi connectivity index (χ0n) is 7.97. The van der Waals surface area contributed by atoms with E-state index in [4.69, 9.17) is 11.6 Å². The van der Waals surface area contributed by atoms with E-state index < -0.39 is 0 Å². The van der Waals surface area contributed by atoms with Gasteiger partial charge in [0.15, 0.2) is 11.0 Å². The Morgan fingerprint density at radius 3 is 2.73 bits per heavy atom. The van der Waals surface area contributed by atoms with Crippen LogP contribution in [-0.4, -0.2) is 20.0 Å². The van der Waals surface area contributed by atoms with Crippen molar-refractivity contribution in [1.29, 1.82) is 0 Å². The number of aromatic nitrogens is 4. The van der Waals surface area contributed by atoms with Gasteiger partial charge in [0, 0.05) is 12.1 Å². The fourth-order valence-corrected chi connectivity index (χ4v) is 1.59. The van der Waals surface area contributed by atoms with E-state index in [2.05, 4.69) is 15.3 Å². The Balaban J connectivity index is 1.93. The molecule has 0 unspecified atom stereocenters. The molecule has 2 heterocycles. The maximum Gasteiger partial charge on any atom is 0.175 e. The lowest BCUT2D eigenvalue weighted by molar-refractivity contribution is 0.789. The first-order valence-corrected chi connectivity index (χ1v) is 5.26. The van der Waals surface area contributed by atoms with Crippen molar-refractivity contribution in [3.8, 4) is 5.82 Å². The molecule has 15 heavy (non-hydrogen) atoms. The molecule has 0 radical (unpaired) electrons. The molecule has 1 aliphatic rings. The fraction of sp³-hybridized carbons (Fsp3) is 0.300. The standard InChI is InChI=1S/C10H9ClN4/c11-9-3-4-10(13-12-9)15-6-5-8(14-15)7-1-2-7/h3-7H,1-2H2. The molecule has 2 aromatic rings. The number of hydrogen-bond donors (Lipinski definition) is 0. The summed E-state index contributed by atoms with van der Waals surface area (Å²) in [6.45, 7) is 0. The minimum atomic E-state index is 0.397. The van der Waals surface area contributed by atoms with Gasteiger partial charge >= 0.3 is 0 Å². The van der Waals surface area contributed by atoms with E-state index in [-0.39, 0.29) is 0 Å². The second kappa shape index (κ2) is 3.31. The molecule has 76 valence electrons. The molecular weight excluding hydrogens is 212 g/mol. The van der Waals surface area contributed by atoms with E-state index in [1.54, 1.807) is 16.8 Å². The molecule has 0 aliphatic heterocycles. The van der Waals surface area contributed by atoms with Crippen LogP contribution < -0.4 is 0 Å². The quantitative estimate of drug-likeness (QED) is 0.779. The van der Waals surface area contributed by atoms with Crippen molar-refractivity contribution < 1.29 is 0 Å². The zero-order valence-corrected chi connectivity index (χ0v) is 8.72. The number of rotatable bonds is 2. The number of nitrogens with zero attached hydrogens (tertiary/aromatic N) is 4. The van der Waals surface area contributed by atoms with E-state index >= 15 is 0 Å². The van der Waals surface area contributed by atoms with E-state index in [1.807, 2.05) is 12.3 Å². The smallest absolute Gasteiger partial charge is 0.175 e. The first-order chi connectivity index (χ1) is 7.33. The summed E-state index contributed by atoms with van der Waals surface area (Å²) in [6.07, 6.45) is 4.41. The van der Waals surface area contributed by atoms with Gasteiger partial charge in [-0.2, -0.15) is 5.10 Å². The molecule has 0 N–H and O–H groups in total. The lowest BCUT2D eigenvalue weighted by Crippen LogP contribution is -2.00. The van der Waals surface area contributed by atoms with E-state index in [9.17, 15) is 0 Å². The molecule has 0 aromatic carbocycles. The van der Waals surface area contributed by atoms with E-state index in [0.29, 0.717) is 16.9 Å². The molecule has 1 aliphatic carbocycles. The van der Waals surface area contributed by atoms with Crippen molar-refractivity contribution in [2.75, 3.05) is 0 Å². The van der Waals surface area contributed by atoms with Gasteiger partial charge in [0.1, 0.15) is 0 Å². The Bertz CT molecular complexity index is 472. The van der Waals surface area contributed by atoms with Crippen molar-refractivity contribution in [3.63, 3.8) is 0 Å².